The molecule has 1 aromatic rings. The Labute approximate surface area is 179 Å². The topological polar surface area (TPSA) is 87.7 Å². The molecule has 9 nitrogen and oxygen atoms in total. The third kappa shape index (κ3) is 6.41. The summed E-state index contributed by atoms with van der Waals surface area (Å²) in [7, 11) is 6.60. The number of amides is 1. The smallest absolute Gasteiger partial charge is 0.239 e. The number of nitrogens with one attached hydrogen (secondary N) is 2. The highest BCUT2D eigenvalue weighted by Gasteiger charge is 2.21. The summed E-state index contributed by atoms with van der Waals surface area (Å²) < 4.78 is 16.3. The van der Waals surface area contributed by atoms with E-state index in [-0.39, 0.29) is 12.5 Å². The molecule has 0 aromatic heterocycles. The second kappa shape index (κ2) is 12.1. The first-order valence-electron chi connectivity index (χ1n) is 10.3. The van der Waals surface area contributed by atoms with Crippen LogP contribution < -0.4 is 24.8 Å². The number of methoxy groups -OCH3 is 3. The van der Waals surface area contributed by atoms with Crippen LogP contribution in [0.1, 0.15) is 18.9 Å². The van der Waals surface area contributed by atoms with Gasteiger partial charge in [0.05, 0.1) is 27.9 Å². The van der Waals surface area contributed by atoms with Gasteiger partial charge in [-0.1, -0.05) is 6.92 Å². The summed E-state index contributed by atoms with van der Waals surface area (Å²) >= 11 is 0. The number of benzene rings is 1. The zero-order chi connectivity index (χ0) is 21.9. The molecule has 1 saturated heterocycles. The molecule has 0 unspecified atom stereocenters. The van der Waals surface area contributed by atoms with Gasteiger partial charge in [-0.25, -0.2) is 0 Å². The van der Waals surface area contributed by atoms with E-state index in [0.29, 0.717) is 23.8 Å². The Balaban J connectivity index is 1.90. The van der Waals surface area contributed by atoms with Crippen molar-refractivity contribution < 1.29 is 19.0 Å². The molecule has 0 aliphatic carbocycles. The number of hydrogen-bond donors (Lipinski definition) is 2. The number of ether oxygens (including phenoxy) is 3. The Bertz CT molecular complexity index is 692. The van der Waals surface area contributed by atoms with E-state index in [1.165, 1.54) is 0 Å². The fourth-order valence-corrected chi connectivity index (χ4v) is 3.42. The minimum Gasteiger partial charge on any atom is -0.493 e. The molecule has 2 N–H and O–H groups in total. The summed E-state index contributed by atoms with van der Waals surface area (Å²) in [6, 6.07) is 3.98. The number of carbonyl (C=O) groups excluding carboxylic acids is 1. The van der Waals surface area contributed by atoms with Crippen molar-refractivity contribution in [3.05, 3.63) is 17.7 Å². The summed E-state index contributed by atoms with van der Waals surface area (Å²) in [6.07, 6.45) is 0.925. The summed E-state index contributed by atoms with van der Waals surface area (Å²) in [5.74, 6) is 2.67. The molecule has 1 aliphatic heterocycles. The van der Waals surface area contributed by atoms with Crippen LogP contribution in [0.3, 0.4) is 0 Å². The number of hydrogen-bond acceptors (Lipinski definition) is 6. The molecular formula is C21H35N5O4. The van der Waals surface area contributed by atoms with E-state index in [1.807, 2.05) is 19.1 Å². The molecule has 2 rings (SSSR count). The lowest BCUT2D eigenvalue weighted by Crippen LogP contribution is -2.53. The van der Waals surface area contributed by atoms with Crippen LogP contribution in [0.15, 0.2) is 17.1 Å². The zero-order valence-electron chi connectivity index (χ0n) is 18.8. The normalized spacial score (nSPS) is 15.0. The fourth-order valence-electron chi connectivity index (χ4n) is 3.42. The molecule has 0 radical (unpaired) electrons. The highest BCUT2D eigenvalue weighted by molar-refractivity contribution is 5.86. The average Bonchev–Trinajstić information content (AvgIpc) is 2.78. The maximum atomic E-state index is 11.8. The Morgan fingerprint density at radius 1 is 1.03 bits per heavy atom. The molecule has 0 atom stereocenters. The van der Waals surface area contributed by atoms with Gasteiger partial charge in [0.25, 0.3) is 0 Å². The molecule has 0 bridgehead atoms. The summed E-state index contributed by atoms with van der Waals surface area (Å²) in [6.45, 7) is 7.19. The number of aliphatic imine (C=N–C) groups is 1. The second-order valence-electron chi connectivity index (χ2n) is 7.05. The van der Waals surface area contributed by atoms with Crippen molar-refractivity contribution in [3.8, 4) is 17.2 Å². The number of rotatable bonds is 9. The molecule has 1 heterocycles. The third-order valence-corrected chi connectivity index (χ3v) is 4.99. The molecule has 0 saturated carbocycles. The molecule has 30 heavy (non-hydrogen) atoms. The minimum absolute atomic E-state index is 0.0148. The van der Waals surface area contributed by atoms with Gasteiger partial charge < -0.3 is 29.7 Å². The van der Waals surface area contributed by atoms with Gasteiger partial charge in [-0.3, -0.25) is 14.7 Å². The predicted octanol–water partition coefficient (Wildman–Crippen LogP) is 0.932. The van der Waals surface area contributed by atoms with Crippen molar-refractivity contribution in [1.82, 2.24) is 20.4 Å². The fraction of sp³-hybridized carbons (Fsp3) is 0.619. The summed E-state index contributed by atoms with van der Waals surface area (Å²) in [5.41, 5.74) is 1.10. The van der Waals surface area contributed by atoms with Crippen LogP contribution in [-0.4, -0.2) is 89.3 Å². The number of piperazine rings is 1. The largest absolute Gasteiger partial charge is 0.493 e. The van der Waals surface area contributed by atoms with Crippen LogP contribution >= 0.6 is 0 Å². The summed E-state index contributed by atoms with van der Waals surface area (Å²) in [5, 5.41) is 6.02. The van der Waals surface area contributed by atoms with Gasteiger partial charge in [-0.15, -0.1) is 0 Å². The third-order valence-electron chi connectivity index (χ3n) is 4.99. The molecule has 9 heteroatoms. The highest BCUT2D eigenvalue weighted by atomic mass is 16.5. The van der Waals surface area contributed by atoms with Gasteiger partial charge in [0.1, 0.15) is 0 Å². The first kappa shape index (κ1) is 23.6. The number of nitrogens with zero attached hydrogens (tertiary/aromatic N) is 3. The number of guanidine groups is 1. The van der Waals surface area contributed by atoms with Crippen LogP contribution in [0.4, 0.5) is 0 Å². The maximum absolute atomic E-state index is 11.8. The van der Waals surface area contributed by atoms with Crippen LogP contribution in [0.2, 0.25) is 0 Å². The lowest BCUT2D eigenvalue weighted by molar-refractivity contribution is -0.120. The van der Waals surface area contributed by atoms with Gasteiger partial charge in [-0.05, 0) is 24.1 Å². The van der Waals surface area contributed by atoms with Gasteiger partial charge in [-0.2, -0.15) is 0 Å². The van der Waals surface area contributed by atoms with E-state index >= 15 is 0 Å². The predicted molar refractivity (Wildman–Crippen MR) is 118 cm³/mol. The summed E-state index contributed by atoms with van der Waals surface area (Å²) in [4.78, 5) is 20.7. The second-order valence-corrected chi connectivity index (χ2v) is 7.05. The Morgan fingerprint density at radius 2 is 1.67 bits per heavy atom. The lowest BCUT2D eigenvalue weighted by Gasteiger charge is -2.36. The lowest BCUT2D eigenvalue weighted by atomic mass is 10.1. The van der Waals surface area contributed by atoms with Crippen LogP contribution in [-0.2, 0) is 11.3 Å². The van der Waals surface area contributed by atoms with Crippen molar-refractivity contribution in [3.63, 3.8) is 0 Å². The van der Waals surface area contributed by atoms with Crippen LogP contribution in [0.25, 0.3) is 0 Å². The first-order valence-corrected chi connectivity index (χ1v) is 10.3. The van der Waals surface area contributed by atoms with E-state index in [1.54, 1.807) is 28.4 Å². The van der Waals surface area contributed by atoms with Crippen molar-refractivity contribution in [1.29, 1.82) is 0 Å². The molecule has 1 aromatic carbocycles. The SMILES string of the molecule is CCCNC(=O)CNC(=NC)N1CCN(Cc2cc(OC)c(OC)c(OC)c2)CC1. The van der Waals surface area contributed by atoms with Gasteiger partial charge in [0.15, 0.2) is 17.5 Å². The quantitative estimate of drug-likeness (QED) is 0.453. The Hall–Kier alpha value is -2.68. The van der Waals surface area contributed by atoms with E-state index in [0.717, 1.165) is 50.7 Å². The van der Waals surface area contributed by atoms with Crippen LogP contribution in [0.5, 0.6) is 17.2 Å². The first-order chi connectivity index (χ1) is 14.6. The molecule has 1 aliphatic rings. The maximum Gasteiger partial charge on any atom is 0.239 e. The van der Waals surface area contributed by atoms with E-state index in [9.17, 15) is 4.79 Å². The standard InChI is InChI=1S/C21H35N5O4/c1-6-7-23-19(27)14-24-21(22-2)26-10-8-25(9-11-26)15-16-12-17(28-3)20(30-5)18(13-16)29-4/h12-13H,6-11,14-15H2,1-5H3,(H,22,24)(H,23,27). The monoisotopic (exact) mass is 421 g/mol. The molecule has 168 valence electrons. The zero-order valence-corrected chi connectivity index (χ0v) is 18.8. The van der Waals surface area contributed by atoms with Crippen molar-refractivity contribution in [2.24, 2.45) is 4.99 Å². The Morgan fingerprint density at radius 3 is 2.17 bits per heavy atom. The van der Waals surface area contributed by atoms with Crippen LogP contribution in [0, 0.1) is 0 Å². The number of carbonyl (C=O) groups is 1. The molecular weight excluding hydrogens is 386 g/mol. The van der Waals surface area contributed by atoms with Crippen molar-refractivity contribution in [2.45, 2.75) is 19.9 Å². The minimum atomic E-state index is -0.0148. The molecule has 0 spiro atoms. The van der Waals surface area contributed by atoms with E-state index in [2.05, 4.69) is 25.4 Å². The molecule has 1 fully saturated rings. The van der Waals surface area contributed by atoms with Gasteiger partial charge >= 0.3 is 0 Å². The van der Waals surface area contributed by atoms with Gasteiger partial charge in [0.2, 0.25) is 11.7 Å². The average molecular weight is 422 g/mol. The molecule has 1 amide bonds. The highest BCUT2D eigenvalue weighted by Crippen LogP contribution is 2.38. The Kier molecular flexibility index (Phi) is 9.53. The van der Waals surface area contributed by atoms with Crippen molar-refractivity contribution in [2.75, 3.05) is 67.6 Å². The van der Waals surface area contributed by atoms with E-state index < -0.39 is 0 Å². The van der Waals surface area contributed by atoms with Gasteiger partial charge in [0, 0.05) is 46.3 Å². The van der Waals surface area contributed by atoms with E-state index in [4.69, 9.17) is 14.2 Å². The van der Waals surface area contributed by atoms with Crippen molar-refractivity contribution >= 4 is 11.9 Å².